The second-order valence-corrected chi connectivity index (χ2v) is 8.45. The van der Waals surface area contributed by atoms with E-state index in [4.69, 9.17) is 4.52 Å². The first kappa shape index (κ1) is 21.1. The third-order valence-corrected chi connectivity index (χ3v) is 5.99. The fraction of sp³-hybridized carbons (Fsp3) is 0.120. The molecule has 0 fully saturated rings. The summed E-state index contributed by atoms with van der Waals surface area (Å²) in [6.45, 7) is 2.02. The highest BCUT2D eigenvalue weighted by Gasteiger charge is 2.19. The molecule has 3 aromatic carbocycles. The highest BCUT2D eigenvalue weighted by atomic mass is 32.2. The summed E-state index contributed by atoms with van der Waals surface area (Å²) in [6.07, 6.45) is 0.603. The molecule has 8 heteroatoms. The molecule has 0 aliphatic heterocycles. The van der Waals surface area contributed by atoms with Crippen molar-refractivity contribution in [3.05, 3.63) is 108 Å². The lowest BCUT2D eigenvalue weighted by molar-refractivity contribution is 0.385. The van der Waals surface area contributed by atoms with Gasteiger partial charge in [0.1, 0.15) is 5.82 Å². The predicted octanol–water partition coefficient (Wildman–Crippen LogP) is 5.65. The lowest BCUT2D eigenvalue weighted by atomic mass is 10.1. The molecule has 0 saturated heterocycles. The van der Waals surface area contributed by atoms with E-state index in [1.54, 1.807) is 18.2 Å². The first-order valence-corrected chi connectivity index (χ1v) is 11.4. The SMILES string of the molecule is Cc1ccc(-n2c(SCc3nc(Cc4ccccc4)no3)nnc2-c2ccccc2F)cc1. The Balaban J connectivity index is 1.42. The van der Waals surface area contributed by atoms with Crippen molar-refractivity contribution in [1.82, 2.24) is 24.9 Å². The van der Waals surface area contributed by atoms with Crippen LogP contribution in [0.4, 0.5) is 4.39 Å². The summed E-state index contributed by atoms with van der Waals surface area (Å²) in [6, 6.07) is 24.5. The van der Waals surface area contributed by atoms with Gasteiger partial charge < -0.3 is 4.52 Å². The van der Waals surface area contributed by atoms with Crippen LogP contribution in [0.3, 0.4) is 0 Å². The number of hydrogen-bond donors (Lipinski definition) is 0. The van der Waals surface area contributed by atoms with E-state index >= 15 is 0 Å². The molecular weight excluding hydrogens is 437 g/mol. The molecule has 2 heterocycles. The summed E-state index contributed by atoms with van der Waals surface area (Å²) >= 11 is 1.41. The van der Waals surface area contributed by atoms with Gasteiger partial charge in [0.25, 0.3) is 0 Å². The fourth-order valence-electron chi connectivity index (χ4n) is 3.43. The Labute approximate surface area is 194 Å². The van der Waals surface area contributed by atoms with Gasteiger partial charge >= 0.3 is 0 Å². The molecular formula is C25H20FN5OS. The lowest BCUT2D eigenvalue weighted by Crippen LogP contribution is -2.01. The van der Waals surface area contributed by atoms with Crippen molar-refractivity contribution in [3.63, 3.8) is 0 Å². The average molecular weight is 458 g/mol. The summed E-state index contributed by atoms with van der Waals surface area (Å²) in [7, 11) is 0. The molecule has 0 N–H and O–H groups in total. The Morgan fingerprint density at radius 1 is 0.909 bits per heavy atom. The molecule has 0 saturated carbocycles. The smallest absolute Gasteiger partial charge is 0.237 e. The van der Waals surface area contributed by atoms with Crippen LogP contribution in [0, 0.1) is 12.7 Å². The first-order valence-electron chi connectivity index (χ1n) is 10.4. The number of halogens is 1. The Morgan fingerprint density at radius 2 is 1.67 bits per heavy atom. The van der Waals surface area contributed by atoms with Crippen molar-refractivity contribution in [2.45, 2.75) is 24.3 Å². The Morgan fingerprint density at radius 3 is 2.45 bits per heavy atom. The number of aromatic nitrogens is 5. The summed E-state index contributed by atoms with van der Waals surface area (Å²) in [5.74, 6) is 1.64. The molecule has 5 rings (SSSR count). The lowest BCUT2D eigenvalue weighted by Gasteiger charge is -2.10. The van der Waals surface area contributed by atoms with Gasteiger partial charge in [-0.2, -0.15) is 4.98 Å². The van der Waals surface area contributed by atoms with E-state index in [2.05, 4.69) is 20.3 Å². The number of rotatable bonds is 7. The van der Waals surface area contributed by atoms with E-state index in [9.17, 15) is 4.39 Å². The van der Waals surface area contributed by atoms with Crippen molar-refractivity contribution >= 4 is 11.8 Å². The Bertz CT molecular complexity index is 1370. The van der Waals surface area contributed by atoms with Crippen molar-refractivity contribution in [3.8, 4) is 17.1 Å². The molecule has 6 nitrogen and oxygen atoms in total. The van der Waals surface area contributed by atoms with Gasteiger partial charge in [0.15, 0.2) is 16.8 Å². The second kappa shape index (κ2) is 9.38. The van der Waals surface area contributed by atoms with Crippen LogP contribution in [-0.2, 0) is 12.2 Å². The summed E-state index contributed by atoms with van der Waals surface area (Å²) in [5, 5.41) is 13.3. The minimum absolute atomic E-state index is 0.350. The van der Waals surface area contributed by atoms with Gasteiger partial charge in [0.2, 0.25) is 5.89 Å². The molecule has 0 bridgehead atoms. The molecule has 0 aliphatic carbocycles. The number of nitrogens with zero attached hydrogens (tertiary/aromatic N) is 5. The van der Waals surface area contributed by atoms with Gasteiger partial charge in [0, 0.05) is 12.1 Å². The molecule has 0 aliphatic rings. The van der Waals surface area contributed by atoms with Gasteiger partial charge in [-0.25, -0.2) is 4.39 Å². The molecule has 0 atom stereocenters. The number of hydrogen-bond acceptors (Lipinski definition) is 6. The van der Waals surface area contributed by atoms with E-state index in [0.717, 1.165) is 16.8 Å². The van der Waals surface area contributed by atoms with E-state index in [0.29, 0.717) is 40.4 Å². The van der Waals surface area contributed by atoms with E-state index in [1.807, 2.05) is 66.1 Å². The minimum Gasteiger partial charge on any atom is -0.338 e. The fourth-order valence-corrected chi connectivity index (χ4v) is 4.22. The van der Waals surface area contributed by atoms with Crippen LogP contribution in [0.15, 0.2) is 88.5 Å². The molecule has 33 heavy (non-hydrogen) atoms. The standard InChI is InChI=1S/C25H20FN5OS/c1-17-11-13-19(14-12-17)31-24(20-9-5-6-10-21(20)26)28-29-25(31)33-16-23-27-22(30-32-23)15-18-7-3-2-4-8-18/h2-14H,15-16H2,1H3. The zero-order chi connectivity index (χ0) is 22.6. The summed E-state index contributed by atoms with van der Waals surface area (Å²) < 4.78 is 21.8. The third kappa shape index (κ3) is 4.70. The maximum absolute atomic E-state index is 14.6. The predicted molar refractivity (Wildman–Crippen MR) is 125 cm³/mol. The van der Waals surface area contributed by atoms with E-state index < -0.39 is 0 Å². The number of aryl methyl sites for hydroxylation is 1. The summed E-state index contributed by atoms with van der Waals surface area (Å²) in [5.41, 5.74) is 3.48. The van der Waals surface area contributed by atoms with Crippen LogP contribution in [0.25, 0.3) is 17.1 Å². The molecule has 2 aromatic heterocycles. The maximum Gasteiger partial charge on any atom is 0.237 e. The Hall–Kier alpha value is -3.78. The zero-order valence-electron chi connectivity index (χ0n) is 17.9. The third-order valence-electron chi connectivity index (χ3n) is 5.08. The summed E-state index contributed by atoms with van der Waals surface area (Å²) in [4.78, 5) is 4.50. The van der Waals surface area contributed by atoms with Gasteiger partial charge in [-0.15, -0.1) is 10.2 Å². The van der Waals surface area contributed by atoms with Crippen LogP contribution in [0.5, 0.6) is 0 Å². The van der Waals surface area contributed by atoms with Crippen LogP contribution in [-0.4, -0.2) is 24.9 Å². The van der Waals surface area contributed by atoms with Gasteiger partial charge in [0.05, 0.1) is 11.3 Å². The highest BCUT2D eigenvalue weighted by Crippen LogP contribution is 2.30. The van der Waals surface area contributed by atoms with Crippen LogP contribution in [0.2, 0.25) is 0 Å². The van der Waals surface area contributed by atoms with E-state index in [-0.39, 0.29) is 5.82 Å². The molecule has 5 aromatic rings. The molecule has 0 radical (unpaired) electrons. The van der Waals surface area contributed by atoms with Crippen molar-refractivity contribution in [2.24, 2.45) is 0 Å². The maximum atomic E-state index is 14.6. The zero-order valence-corrected chi connectivity index (χ0v) is 18.7. The van der Waals surface area contributed by atoms with Crippen LogP contribution < -0.4 is 0 Å². The van der Waals surface area contributed by atoms with Crippen LogP contribution in [0.1, 0.15) is 22.8 Å². The molecule has 0 spiro atoms. The van der Waals surface area contributed by atoms with Crippen molar-refractivity contribution in [2.75, 3.05) is 0 Å². The topological polar surface area (TPSA) is 69.6 Å². The van der Waals surface area contributed by atoms with Gasteiger partial charge in [-0.1, -0.05) is 77.1 Å². The normalized spacial score (nSPS) is 11.1. The average Bonchev–Trinajstić information content (AvgIpc) is 3.46. The first-order chi connectivity index (χ1) is 16.2. The van der Waals surface area contributed by atoms with Crippen LogP contribution >= 0.6 is 11.8 Å². The minimum atomic E-state index is -0.350. The number of benzene rings is 3. The van der Waals surface area contributed by atoms with E-state index in [1.165, 1.54) is 17.8 Å². The largest absolute Gasteiger partial charge is 0.338 e. The molecule has 164 valence electrons. The molecule has 0 unspecified atom stereocenters. The van der Waals surface area contributed by atoms with Crippen molar-refractivity contribution < 1.29 is 8.91 Å². The molecule has 0 amide bonds. The number of thioether (sulfide) groups is 1. The monoisotopic (exact) mass is 457 g/mol. The van der Waals surface area contributed by atoms with Gasteiger partial charge in [-0.3, -0.25) is 4.57 Å². The quantitative estimate of drug-likeness (QED) is 0.294. The van der Waals surface area contributed by atoms with Crippen molar-refractivity contribution in [1.29, 1.82) is 0 Å². The van der Waals surface area contributed by atoms with Gasteiger partial charge in [-0.05, 0) is 36.8 Å². The Kier molecular flexibility index (Phi) is 5.99. The highest BCUT2D eigenvalue weighted by molar-refractivity contribution is 7.98. The second-order valence-electron chi connectivity index (χ2n) is 7.51.